The van der Waals surface area contributed by atoms with Crippen LogP contribution in [0.1, 0.15) is 19.1 Å². The molecule has 3 nitrogen and oxygen atoms in total. The van der Waals surface area contributed by atoms with Gasteiger partial charge in [-0.1, -0.05) is 6.92 Å². The number of aliphatic hydroxyl groups is 1. The minimum atomic E-state index is 0.196. The van der Waals surface area contributed by atoms with Crippen LogP contribution in [-0.4, -0.2) is 29.7 Å². The molecule has 1 aromatic rings. The first-order chi connectivity index (χ1) is 6.76. The molecule has 0 aromatic carbocycles. The molecule has 0 fully saturated rings. The monoisotopic (exact) mass is 261 g/mol. The van der Waals surface area contributed by atoms with Crippen molar-refractivity contribution in [2.75, 3.05) is 19.7 Å². The Balaban J connectivity index is 2.46. The summed E-state index contributed by atoms with van der Waals surface area (Å²) >= 11 is 3.27. The van der Waals surface area contributed by atoms with Crippen molar-refractivity contribution in [3.63, 3.8) is 0 Å². The molecule has 0 unspecified atom stereocenters. The van der Waals surface area contributed by atoms with Crippen molar-refractivity contribution < 1.29 is 9.52 Å². The van der Waals surface area contributed by atoms with E-state index in [0.717, 1.165) is 29.9 Å². The molecular formula is C10H16BrNO2. The molecule has 1 rings (SSSR count). The maximum absolute atomic E-state index is 8.86. The van der Waals surface area contributed by atoms with Gasteiger partial charge in [0, 0.05) is 6.54 Å². The van der Waals surface area contributed by atoms with Crippen molar-refractivity contribution in [3.05, 3.63) is 22.6 Å². The number of furan rings is 1. The molecule has 1 N–H and O–H groups in total. The topological polar surface area (TPSA) is 36.6 Å². The molecule has 14 heavy (non-hydrogen) atoms. The highest BCUT2D eigenvalue weighted by Gasteiger charge is 2.06. The largest absolute Gasteiger partial charge is 0.453 e. The summed E-state index contributed by atoms with van der Waals surface area (Å²) in [5.41, 5.74) is 0. The molecule has 1 heterocycles. The SMILES string of the molecule is CCCN(CCO)Cc1ccc(Br)o1. The van der Waals surface area contributed by atoms with Crippen LogP contribution in [0.15, 0.2) is 21.2 Å². The lowest BCUT2D eigenvalue weighted by atomic mass is 10.3. The molecule has 4 heteroatoms. The first kappa shape index (κ1) is 11.8. The predicted octanol–water partition coefficient (Wildman–Crippen LogP) is 2.25. The minimum absolute atomic E-state index is 0.196. The minimum Gasteiger partial charge on any atom is -0.453 e. The van der Waals surface area contributed by atoms with Crippen LogP contribution in [0.4, 0.5) is 0 Å². The number of nitrogens with zero attached hydrogens (tertiary/aromatic N) is 1. The summed E-state index contributed by atoms with van der Waals surface area (Å²) in [6.45, 7) is 4.77. The van der Waals surface area contributed by atoms with Gasteiger partial charge in [-0.15, -0.1) is 0 Å². The average molecular weight is 262 g/mol. The van der Waals surface area contributed by atoms with Gasteiger partial charge >= 0.3 is 0 Å². The normalized spacial score (nSPS) is 11.1. The van der Waals surface area contributed by atoms with Crippen molar-refractivity contribution in [3.8, 4) is 0 Å². The summed E-state index contributed by atoms with van der Waals surface area (Å²) in [4.78, 5) is 2.17. The van der Waals surface area contributed by atoms with E-state index < -0.39 is 0 Å². The van der Waals surface area contributed by atoms with Gasteiger partial charge in [-0.25, -0.2) is 0 Å². The summed E-state index contributed by atoms with van der Waals surface area (Å²) in [5, 5.41) is 8.86. The Bertz CT molecular complexity index is 256. The smallest absolute Gasteiger partial charge is 0.169 e. The van der Waals surface area contributed by atoms with E-state index in [0.29, 0.717) is 6.54 Å². The second kappa shape index (κ2) is 6.22. The standard InChI is InChI=1S/C10H16BrNO2/c1-2-5-12(6-7-13)8-9-3-4-10(11)14-9/h3-4,13H,2,5-8H2,1H3. The lowest BCUT2D eigenvalue weighted by molar-refractivity contribution is 0.180. The summed E-state index contributed by atoms with van der Waals surface area (Å²) in [5.74, 6) is 0.929. The molecule has 0 aliphatic rings. The van der Waals surface area contributed by atoms with Gasteiger partial charge in [0.05, 0.1) is 13.2 Å². The number of hydrogen-bond acceptors (Lipinski definition) is 3. The van der Waals surface area contributed by atoms with E-state index in [9.17, 15) is 0 Å². The fraction of sp³-hybridized carbons (Fsp3) is 0.600. The van der Waals surface area contributed by atoms with Crippen molar-refractivity contribution in [2.24, 2.45) is 0 Å². The van der Waals surface area contributed by atoms with Crippen molar-refractivity contribution >= 4 is 15.9 Å². The molecule has 0 bridgehead atoms. The van der Waals surface area contributed by atoms with E-state index in [1.807, 2.05) is 12.1 Å². The first-order valence-corrected chi connectivity index (χ1v) is 5.63. The zero-order valence-corrected chi connectivity index (χ0v) is 9.96. The average Bonchev–Trinajstić information content (AvgIpc) is 2.52. The Kier molecular flexibility index (Phi) is 5.22. The second-order valence-electron chi connectivity index (χ2n) is 3.21. The fourth-order valence-corrected chi connectivity index (χ4v) is 1.72. The molecule has 0 saturated heterocycles. The molecule has 0 aliphatic heterocycles. The highest BCUT2D eigenvalue weighted by atomic mass is 79.9. The van der Waals surface area contributed by atoms with E-state index in [-0.39, 0.29) is 6.61 Å². The Hall–Kier alpha value is -0.320. The summed E-state index contributed by atoms with van der Waals surface area (Å²) < 4.78 is 6.16. The molecule has 0 spiro atoms. The fourth-order valence-electron chi connectivity index (χ4n) is 1.38. The third kappa shape index (κ3) is 3.82. The van der Waals surface area contributed by atoms with Crippen LogP contribution in [0.2, 0.25) is 0 Å². The van der Waals surface area contributed by atoms with Crippen molar-refractivity contribution in [2.45, 2.75) is 19.9 Å². The van der Waals surface area contributed by atoms with Gasteiger partial charge < -0.3 is 9.52 Å². The Morgan fingerprint density at radius 1 is 1.43 bits per heavy atom. The summed E-state index contributed by atoms with van der Waals surface area (Å²) in [7, 11) is 0. The molecule has 1 aromatic heterocycles. The number of rotatable bonds is 6. The van der Waals surface area contributed by atoms with Crippen LogP contribution in [0.25, 0.3) is 0 Å². The van der Waals surface area contributed by atoms with Crippen LogP contribution in [-0.2, 0) is 6.54 Å². The van der Waals surface area contributed by atoms with Gasteiger partial charge in [0.15, 0.2) is 4.67 Å². The highest BCUT2D eigenvalue weighted by Crippen LogP contribution is 2.15. The van der Waals surface area contributed by atoms with Gasteiger partial charge in [-0.3, -0.25) is 4.90 Å². The van der Waals surface area contributed by atoms with Gasteiger partial charge in [0.2, 0.25) is 0 Å². The molecule has 0 aliphatic carbocycles. The lowest BCUT2D eigenvalue weighted by Crippen LogP contribution is -2.27. The zero-order chi connectivity index (χ0) is 10.4. The van der Waals surface area contributed by atoms with Gasteiger partial charge in [-0.2, -0.15) is 0 Å². The quantitative estimate of drug-likeness (QED) is 0.854. The molecule has 80 valence electrons. The van der Waals surface area contributed by atoms with Crippen LogP contribution < -0.4 is 0 Å². The lowest BCUT2D eigenvalue weighted by Gasteiger charge is -2.18. The summed E-state index contributed by atoms with van der Waals surface area (Å²) in [6.07, 6.45) is 1.09. The Morgan fingerprint density at radius 3 is 2.71 bits per heavy atom. The molecule has 0 atom stereocenters. The highest BCUT2D eigenvalue weighted by molar-refractivity contribution is 9.10. The number of halogens is 1. The molecular weight excluding hydrogens is 246 g/mol. The van der Waals surface area contributed by atoms with Gasteiger partial charge in [0.25, 0.3) is 0 Å². The first-order valence-electron chi connectivity index (χ1n) is 4.83. The number of hydrogen-bond donors (Lipinski definition) is 1. The van der Waals surface area contributed by atoms with E-state index in [1.165, 1.54) is 0 Å². The maximum Gasteiger partial charge on any atom is 0.169 e. The second-order valence-corrected chi connectivity index (χ2v) is 3.99. The van der Waals surface area contributed by atoms with E-state index in [2.05, 4.69) is 27.8 Å². The van der Waals surface area contributed by atoms with E-state index in [4.69, 9.17) is 9.52 Å². The van der Waals surface area contributed by atoms with Crippen LogP contribution in [0.3, 0.4) is 0 Å². The van der Waals surface area contributed by atoms with Crippen LogP contribution >= 0.6 is 15.9 Å². The molecule has 0 saturated carbocycles. The van der Waals surface area contributed by atoms with Crippen LogP contribution in [0.5, 0.6) is 0 Å². The Labute approximate surface area is 92.8 Å². The van der Waals surface area contributed by atoms with E-state index >= 15 is 0 Å². The van der Waals surface area contributed by atoms with E-state index in [1.54, 1.807) is 0 Å². The van der Waals surface area contributed by atoms with Crippen molar-refractivity contribution in [1.29, 1.82) is 0 Å². The Morgan fingerprint density at radius 2 is 2.21 bits per heavy atom. The van der Waals surface area contributed by atoms with Gasteiger partial charge in [0.1, 0.15) is 5.76 Å². The molecule has 0 radical (unpaired) electrons. The maximum atomic E-state index is 8.86. The number of aliphatic hydroxyl groups excluding tert-OH is 1. The summed E-state index contributed by atoms with van der Waals surface area (Å²) in [6, 6.07) is 3.84. The predicted molar refractivity (Wildman–Crippen MR) is 59.1 cm³/mol. The molecule has 0 amide bonds. The third-order valence-corrected chi connectivity index (χ3v) is 2.39. The third-order valence-electron chi connectivity index (χ3n) is 1.96. The van der Waals surface area contributed by atoms with Crippen molar-refractivity contribution in [1.82, 2.24) is 4.90 Å². The van der Waals surface area contributed by atoms with Crippen LogP contribution in [0, 0.1) is 0 Å². The van der Waals surface area contributed by atoms with Gasteiger partial charge in [-0.05, 0) is 41.0 Å². The zero-order valence-electron chi connectivity index (χ0n) is 8.37.